The molecule has 0 aliphatic heterocycles. The monoisotopic (exact) mass is 291 g/mol. The molecule has 0 fully saturated rings. The molecule has 0 aromatic heterocycles. The number of nitrogens with one attached hydrogen (secondary N) is 1. The first-order chi connectivity index (χ1) is 9.37. The zero-order chi connectivity index (χ0) is 15.2. The van der Waals surface area contributed by atoms with Crippen molar-refractivity contribution in [1.29, 1.82) is 0 Å². The van der Waals surface area contributed by atoms with Crippen molar-refractivity contribution in [3.8, 4) is 0 Å². The van der Waals surface area contributed by atoms with E-state index in [4.69, 9.17) is 4.74 Å². The van der Waals surface area contributed by atoms with Gasteiger partial charge in [0.2, 0.25) is 0 Å². The van der Waals surface area contributed by atoms with Crippen molar-refractivity contribution in [1.82, 2.24) is 5.32 Å². The Balaban J connectivity index is 2.92. The van der Waals surface area contributed by atoms with Crippen LogP contribution in [0.2, 0.25) is 0 Å². The van der Waals surface area contributed by atoms with E-state index in [9.17, 15) is 18.0 Å². The van der Waals surface area contributed by atoms with E-state index in [1.807, 2.05) is 0 Å². The Labute approximate surface area is 114 Å². The van der Waals surface area contributed by atoms with Gasteiger partial charge in [-0.3, -0.25) is 5.32 Å². The average Bonchev–Trinajstić information content (AvgIpc) is 2.38. The van der Waals surface area contributed by atoms with Gasteiger partial charge < -0.3 is 9.47 Å². The minimum absolute atomic E-state index is 0.307. The van der Waals surface area contributed by atoms with E-state index in [1.54, 1.807) is 24.3 Å². The third-order valence-electron chi connectivity index (χ3n) is 2.54. The first-order valence-corrected chi connectivity index (χ1v) is 5.83. The van der Waals surface area contributed by atoms with Crippen LogP contribution in [0, 0.1) is 0 Å². The highest BCUT2D eigenvalue weighted by molar-refractivity contribution is 5.77. The highest BCUT2D eigenvalue weighted by Gasteiger charge is 2.31. The molecule has 0 aliphatic carbocycles. The van der Waals surface area contributed by atoms with Crippen LogP contribution in [0.15, 0.2) is 24.3 Å². The maximum absolute atomic E-state index is 12.3. The van der Waals surface area contributed by atoms with Gasteiger partial charge in [0.05, 0.1) is 20.3 Å². The molecule has 4 nitrogen and oxygen atoms in total. The van der Waals surface area contributed by atoms with Crippen LogP contribution in [0.5, 0.6) is 0 Å². The van der Waals surface area contributed by atoms with E-state index < -0.39 is 24.7 Å². The van der Waals surface area contributed by atoms with Gasteiger partial charge in [0, 0.05) is 7.11 Å². The first kappa shape index (κ1) is 16.5. The topological polar surface area (TPSA) is 47.6 Å². The standard InChI is InChI=1S/C13H16F3NO3/c1-19-7-9-4-3-5-10(6-9)11(12(18)20-2)17-8-13(14,15)16/h3-6,11,17H,7-8H2,1-2H3. The summed E-state index contributed by atoms with van der Waals surface area (Å²) in [5.41, 5.74) is 1.16. The van der Waals surface area contributed by atoms with E-state index in [-0.39, 0.29) is 0 Å². The summed E-state index contributed by atoms with van der Waals surface area (Å²) in [6.45, 7) is -0.970. The molecule has 0 bridgehead atoms. The van der Waals surface area contributed by atoms with Gasteiger partial charge in [-0.05, 0) is 11.1 Å². The van der Waals surface area contributed by atoms with Crippen LogP contribution in [-0.2, 0) is 20.9 Å². The molecule has 1 aromatic rings. The van der Waals surface area contributed by atoms with Crippen LogP contribution < -0.4 is 5.32 Å². The summed E-state index contributed by atoms with van der Waals surface area (Å²) >= 11 is 0. The van der Waals surface area contributed by atoms with Crippen LogP contribution in [0.1, 0.15) is 17.2 Å². The molecule has 20 heavy (non-hydrogen) atoms. The van der Waals surface area contributed by atoms with Crippen LogP contribution in [0.3, 0.4) is 0 Å². The second kappa shape index (κ2) is 7.25. The second-order valence-corrected chi connectivity index (χ2v) is 4.13. The number of alkyl halides is 3. The van der Waals surface area contributed by atoms with Crippen molar-refractivity contribution in [2.45, 2.75) is 18.8 Å². The number of halogens is 3. The summed E-state index contributed by atoms with van der Waals surface area (Å²) in [5.74, 6) is -0.774. The number of ether oxygens (including phenoxy) is 2. The third-order valence-corrected chi connectivity index (χ3v) is 2.54. The highest BCUT2D eigenvalue weighted by Crippen LogP contribution is 2.20. The Hall–Kier alpha value is -1.60. The summed E-state index contributed by atoms with van der Waals surface area (Å²) in [4.78, 5) is 11.6. The predicted molar refractivity (Wildman–Crippen MR) is 66.0 cm³/mol. The Kier molecular flexibility index (Phi) is 5.97. The molecule has 0 radical (unpaired) electrons. The van der Waals surface area contributed by atoms with Gasteiger partial charge in [0.1, 0.15) is 6.04 Å². The van der Waals surface area contributed by atoms with Gasteiger partial charge in [-0.15, -0.1) is 0 Å². The Morgan fingerprint density at radius 1 is 1.35 bits per heavy atom. The lowest BCUT2D eigenvalue weighted by Crippen LogP contribution is -2.36. The zero-order valence-corrected chi connectivity index (χ0v) is 11.2. The van der Waals surface area contributed by atoms with Crippen molar-refractivity contribution >= 4 is 5.97 Å². The molecule has 0 amide bonds. The molecule has 0 saturated carbocycles. The smallest absolute Gasteiger partial charge is 0.401 e. The Morgan fingerprint density at radius 3 is 2.60 bits per heavy atom. The Morgan fingerprint density at radius 2 is 2.05 bits per heavy atom. The van der Waals surface area contributed by atoms with Crippen molar-refractivity contribution < 1.29 is 27.4 Å². The van der Waals surface area contributed by atoms with Gasteiger partial charge in [0.15, 0.2) is 0 Å². The number of esters is 1. The summed E-state index contributed by atoms with van der Waals surface area (Å²) in [6, 6.07) is 5.40. The maximum atomic E-state index is 12.3. The van der Waals surface area contributed by atoms with E-state index in [0.717, 1.165) is 12.7 Å². The molecule has 1 N–H and O–H groups in total. The number of hydrogen-bond acceptors (Lipinski definition) is 4. The van der Waals surface area contributed by atoms with E-state index in [1.165, 1.54) is 7.11 Å². The lowest BCUT2D eigenvalue weighted by atomic mass is 10.0. The number of hydrogen-bond donors (Lipinski definition) is 1. The quantitative estimate of drug-likeness (QED) is 0.816. The van der Waals surface area contributed by atoms with E-state index >= 15 is 0 Å². The molecule has 0 aliphatic rings. The van der Waals surface area contributed by atoms with Gasteiger partial charge in [0.25, 0.3) is 0 Å². The van der Waals surface area contributed by atoms with Gasteiger partial charge in [-0.25, -0.2) is 4.79 Å². The molecular weight excluding hydrogens is 275 g/mol. The molecule has 0 saturated heterocycles. The molecular formula is C13H16F3NO3. The van der Waals surface area contributed by atoms with Crippen LogP contribution in [0.25, 0.3) is 0 Å². The number of carbonyl (C=O) groups is 1. The Bertz CT molecular complexity index is 449. The average molecular weight is 291 g/mol. The molecule has 1 aromatic carbocycles. The van der Waals surface area contributed by atoms with Gasteiger partial charge in [-0.1, -0.05) is 24.3 Å². The fraction of sp³-hybridized carbons (Fsp3) is 0.462. The summed E-state index contributed by atoms with van der Waals surface area (Å²) in [5, 5.41) is 2.16. The first-order valence-electron chi connectivity index (χ1n) is 5.83. The normalized spacial score (nSPS) is 13.1. The SMILES string of the molecule is COCc1cccc(C(NCC(F)(F)F)C(=O)OC)c1. The number of benzene rings is 1. The molecule has 1 rings (SSSR count). The van der Waals surface area contributed by atoms with Crippen LogP contribution in [0.4, 0.5) is 13.2 Å². The number of methoxy groups -OCH3 is 2. The summed E-state index contributed by atoms with van der Waals surface area (Å²) in [6.07, 6.45) is -4.41. The van der Waals surface area contributed by atoms with Gasteiger partial charge >= 0.3 is 12.1 Å². The number of carbonyl (C=O) groups excluding carboxylic acids is 1. The maximum Gasteiger partial charge on any atom is 0.401 e. The minimum Gasteiger partial charge on any atom is -0.468 e. The molecule has 0 heterocycles. The van der Waals surface area contributed by atoms with Crippen molar-refractivity contribution in [2.75, 3.05) is 20.8 Å². The second-order valence-electron chi connectivity index (χ2n) is 4.13. The van der Waals surface area contributed by atoms with Crippen LogP contribution >= 0.6 is 0 Å². The van der Waals surface area contributed by atoms with Gasteiger partial charge in [-0.2, -0.15) is 13.2 Å². The van der Waals surface area contributed by atoms with Crippen molar-refractivity contribution in [2.24, 2.45) is 0 Å². The zero-order valence-electron chi connectivity index (χ0n) is 11.2. The third kappa shape index (κ3) is 5.18. The summed E-state index contributed by atoms with van der Waals surface area (Å²) in [7, 11) is 2.63. The largest absolute Gasteiger partial charge is 0.468 e. The molecule has 1 atom stereocenters. The van der Waals surface area contributed by atoms with Crippen molar-refractivity contribution in [3.63, 3.8) is 0 Å². The highest BCUT2D eigenvalue weighted by atomic mass is 19.4. The predicted octanol–water partition coefficient (Wildman–Crippen LogP) is 2.20. The molecule has 112 valence electrons. The molecule has 7 heteroatoms. The lowest BCUT2D eigenvalue weighted by Gasteiger charge is -2.18. The fourth-order valence-electron chi connectivity index (χ4n) is 1.70. The van der Waals surface area contributed by atoms with E-state index in [0.29, 0.717) is 12.2 Å². The fourth-order valence-corrected chi connectivity index (χ4v) is 1.70. The van der Waals surface area contributed by atoms with Crippen molar-refractivity contribution in [3.05, 3.63) is 35.4 Å². The van der Waals surface area contributed by atoms with Crippen LogP contribution in [-0.4, -0.2) is 32.9 Å². The summed E-state index contributed by atoms with van der Waals surface area (Å²) < 4.78 is 46.3. The molecule has 1 unspecified atom stereocenters. The van der Waals surface area contributed by atoms with E-state index in [2.05, 4.69) is 10.1 Å². The minimum atomic E-state index is -4.41. The lowest BCUT2D eigenvalue weighted by molar-refractivity contribution is -0.146. The number of rotatable bonds is 6. The molecule has 0 spiro atoms.